The van der Waals surface area contributed by atoms with Gasteiger partial charge in [0.2, 0.25) is 5.82 Å². The van der Waals surface area contributed by atoms with Crippen molar-refractivity contribution in [2.45, 2.75) is 33.7 Å². The van der Waals surface area contributed by atoms with Crippen LogP contribution in [0.5, 0.6) is 0 Å². The first-order chi connectivity index (χ1) is 12.8. The fraction of sp³-hybridized carbons (Fsp3) is 0.300. The van der Waals surface area contributed by atoms with E-state index in [2.05, 4.69) is 51.2 Å². The van der Waals surface area contributed by atoms with Crippen molar-refractivity contribution in [3.63, 3.8) is 0 Å². The van der Waals surface area contributed by atoms with Gasteiger partial charge in [-0.1, -0.05) is 20.8 Å². The standard InChI is InChI=1S/C20H22N6O/c1-11(20(2,3)4)22-19(27)18-23-15-9-13-14(10-16(15)24-18)25-26-17(13)12-5-7-21-8-6-12/h5-11,25-26H,1-4H3,(H,22,27)/t11-/m1/s1. The molecule has 0 fully saturated rings. The Kier molecular flexibility index (Phi) is 3.95. The third-order valence-corrected chi connectivity index (χ3v) is 4.98. The number of amides is 1. The Morgan fingerprint density at radius 2 is 1.74 bits per heavy atom. The van der Waals surface area contributed by atoms with Gasteiger partial charge < -0.3 is 10.4 Å². The van der Waals surface area contributed by atoms with Crippen LogP contribution in [0.4, 0.5) is 0 Å². The lowest BCUT2D eigenvalue weighted by Gasteiger charge is -2.27. The predicted octanol–water partition coefficient (Wildman–Crippen LogP) is 3.67. The van der Waals surface area contributed by atoms with Crippen LogP contribution in [0.1, 0.15) is 38.3 Å². The molecule has 1 aromatic carbocycles. The lowest BCUT2D eigenvalue weighted by atomic mass is 9.88. The molecule has 0 aliphatic rings. The van der Waals surface area contributed by atoms with Gasteiger partial charge >= 0.3 is 0 Å². The third kappa shape index (κ3) is 3.16. The fourth-order valence-electron chi connectivity index (χ4n) is 2.84. The highest BCUT2D eigenvalue weighted by molar-refractivity contribution is 6.02. The van der Waals surface area contributed by atoms with Crippen molar-refractivity contribution in [1.29, 1.82) is 0 Å². The van der Waals surface area contributed by atoms with Crippen molar-refractivity contribution in [3.8, 4) is 11.3 Å². The van der Waals surface area contributed by atoms with Gasteiger partial charge in [0, 0.05) is 29.4 Å². The minimum Gasteiger partial charge on any atom is -0.346 e. The average molecular weight is 362 g/mol. The number of aromatic amines is 2. The number of aromatic nitrogens is 5. The number of nitrogens with zero attached hydrogens (tertiary/aromatic N) is 3. The topological polar surface area (TPSA) is 99.3 Å². The molecular weight excluding hydrogens is 340 g/mol. The summed E-state index contributed by atoms with van der Waals surface area (Å²) in [5.41, 5.74) is 4.22. The molecule has 1 amide bonds. The van der Waals surface area contributed by atoms with Crippen LogP contribution in [-0.4, -0.2) is 37.1 Å². The second kappa shape index (κ2) is 6.19. The molecule has 3 aromatic heterocycles. The molecule has 0 saturated heterocycles. The molecule has 3 N–H and O–H groups in total. The zero-order chi connectivity index (χ0) is 19.2. The number of hydrogen-bond acceptors (Lipinski definition) is 4. The summed E-state index contributed by atoms with van der Waals surface area (Å²) < 4.78 is 0. The normalized spacial score (nSPS) is 13.2. The van der Waals surface area contributed by atoms with Gasteiger partial charge in [0.25, 0.3) is 5.91 Å². The second-order valence-corrected chi connectivity index (χ2v) is 7.86. The Balaban J connectivity index is 1.72. The molecule has 0 aliphatic heterocycles. The van der Waals surface area contributed by atoms with Crippen LogP contribution in [0.25, 0.3) is 33.2 Å². The van der Waals surface area contributed by atoms with Crippen LogP contribution < -0.4 is 5.32 Å². The van der Waals surface area contributed by atoms with E-state index in [1.165, 1.54) is 0 Å². The Labute approximate surface area is 156 Å². The number of carbonyl (C=O) groups is 1. The van der Waals surface area contributed by atoms with E-state index >= 15 is 0 Å². The molecule has 0 aliphatic carbocycles. The molecule has 0 radical (unpaired) electrons. The molecular formula is C20H22N6O. The number of fused-ring (bicyclic) bond motifs is 2. The number of imidazole rings is 1. The molecule has 0 spiro atoms. The van der Waals surface area contributed by atoms with Crippen LogP contribution in [0, 0.1) is 5.41 Å². The van der Waals surface area contributed by atoms with Gasteiger partial charge in [0.1, 0.15) is 0 Å². The maximum atomic E-state index is 12.5. The molecule has 0 saturated carbocycles. The van der Waals surface area contributed by atoms with Crippen molar-refractivity contribution < 1.29 is 4.79 Å². The zero-order valence-corrected chi connectivity index (χ0v) is 15.8. The first-order valence-electron chi connectivity index (χ1n) is 8.92. The first-order valence-corrected chi connectivity index (χ1v) is 8.92. The quantitative estimate of drug-likeness (QED) is 0.518. The lowest BCUT2D eigenvalue weighted by Crippen LogP contribution is -2.41. The summed E-state index contributed by atoms with van der Waals surface area (Å²) in [6.45, 7) is 8.24. The predicted molar refractivity (Wildman–Crippen MR) is 105 cm³/mol. The van der Waals surface area contributed by atoms with Gasteiger partial charge in [-0.2, -0.15) is 0 Å². The van der Waals surface area contributed by atoms with E-state index in [4.69, 9.17) is 0 Å². The van der Waals surface area contributed by atoms with E-state index in [0.29, 0.717) is 11.0 Å². The molecule has 0 unspecified atom stereocenters. The van der Waals surface area contributed by atoms with Crippen molar-refractivity contribution in [3.05, 3.63) is 42.5 Å². The maximum Gasteiger partial charge on any atom is 0.289 e. The summed E-state index contributed by atoms with van der Waals surface area (Å²) in [5, 5.41) is 10.3. The Morgan fingerprint density at radius 3 is 2.41 bits per heavy atom. The molecule has 4 aromatic rings. The SMILES string of the molecule is C[C@@H](NC(=O)c1nc2cc3[nH][nH]c(-c4ccncc4)c3cc2n1)C(C)(C)C. The molecule has 138 valence electrons. The van der Waals surface area contributed by atoms with Gasteiger partial charge in [0.05, 0.1) is 22.2 Å². The highest BCUT2D eigenvalue weighted by Crippen LogP contribution is 2.29. The summed E-state index contributed by atoms with van der Waals surface area (Å²) in [5.74, 6) is -0.0543. The smallest absolute Gasteiger partial charge is 0.289 e. The largest absolute Gasteiger partial charge is 0.346 e. The van der Waals surface area contributed by atoms with E-state index in [1.54, 1.807) is 12.4 Å². The zero-order valence-electron chi connectivity index (χ0n) is 15.8. The number of nitrogens with one attached hydrogen (secondary N) is 3. The summed E-state index contributed by atoms with van der Waals surface area (Å²) in [6.07, 6.45) is 3.50. The van der Waals surface area contributed by atoms with Gasteiger partial charge in [0.15, 0.2) is 0 Å². The van der Waals surface area contributed by atoms with Gasteiger partial charge in [-0.15, -0.1) is 0 Å². The van der Waals surface area contributed by atoms with E-state index < -0.39 is 0 Å². The highest BCUT2D eigenvalue weighted by Gasteiger charge is 2.24. The van der Waals surface area contributed by atoms with E-state index in [-0.39, 0.29) is 23.2 Å². The third-order valence-electron chi connectivity index (χ3n) is 4.98. The van der Waals surface area contributed by atoms with Crippen molar-refractivity contribution in [1.82, 2.24) is 30.5 Å². The molecule has 27 heavy (non-hydrogen) atoms. The summed E-state index contributed by atoms with van der Waals surface area (Å²) in [6, 6.07) is 7.74. The number of carbonyl (C=O) groups excluding carboxylic acids is 1. The maximum absolute atomic E-state index is 12.5. The van der Waals surface area contributed by atoms with Crippen LogP contribution in [0.3, 0.4) is 0 Å². The minimum absolute atomic E-state index is 0.00844. The second-order valence-electron chi connectivity index (χ2n) is 7.86. The van der Waals surface area contributed by atoms with Crippen LogP contribution in [0.15, 0.2) is 36.7 Å². The van der Waals surface area contributed by atoms with E-state index in [1.807, 2.05) is 31.2 Å². The van der Waals surface area contributed by atoms with Crippen LogP contribution in [-0.2, 0) is 0 Å². The monoisotopic (exact) mass is 362 g/mol. The number of H-pyrrole nitrogens is 2. The van der Waals surface area contributed by atoms with E-state index in [9.17, 15) is 4.79 Å². The van der Waals surface area contributed by atoms with Crippen LogP contribution in [0.2, 0.25) is 0 Å². The number of benzene rings is 1. The molecule has 0 bridgehead atoms. The van der Waals surface area contributed by atoms with Gasteiger partial charge in [-0.05, 0) is 36.6 Å². The molecule has 3 heterocycles. The van der Waals surface area contributed by atoms with Gasteiger partial charge in [-0.3, -0.25) is 14.9 Å². The molecule has 7 heteroatoms. The van der Waals surface area contributed by atoms with Crippen molar-refractivity contribution in [2.75, 3.05) is 0 Å². The van der Waals surface area contributed by atoms with Crippen LogP contribution >= 0.6 is 0 Å². The lowest BCUT2D eigenvalue weighted by molar-refractivity contribution is 0.0901. The Morgan fingerprint density at radius 1 is 1.07 bits per heavy atom. The summed E-state index contributed by atoms with van der Waals surface area (Å²) >= 11 is 0. The Bertz CT molecular complexity index is 1120. The van der Waals surface area contributed by atoms with E-state index in [0.717, 1.165) is 22.2 Å². The fourth-order valence-corrected chi connectivity index (χ4v) is 2.84. The highest BCUT2D eigenvalue weighted by atomic mass is 16.2. The Hall–Kier alpha value is -3.22. The average Bonchev–Trinajstić information content (AvgIpc) is 3.22. The summed E-state index contributed by atoms with van der Waals surface area (Å²) in [4.78, 5) is 25.5. The molecule has 4 rings (SSSR count). The number of rotatable bonds is 3. The minimum atomic E-state index is -0.252. The molecule has 7 nitrogen and oxygen atoms in total. The number of pyridine rings is 1. The van der Waals surface area contributed by atoms with Gasteiger partial charge in [-0.25, -0.2) is 9.97 Å². The van der Waals surface area contributed by atoms with Crippen molar-refractivity contribution in [2.24, 2.45) is 5.41 Å². The first kappa shape index (κ1) is 17.2. The number of hydrogen-bond donors (Lipinski definition) is 3. The summed E-state index contributed by atoms with van der Waals surface area (Å²) in [7, 11) is 0. The molecule has 1 atom stereocenters. The van der Waals surface area contributed by atoms with Crippen molar-refractivity contribution >= 4 is 27.8 Å².